The Kier molecular flexibility index (Phi) is 2.49. The predicted molar refractivity (Wildman–Crippen MR) is 48.0 cm³/mol. The Labute approximate surface area is 74.1 Å². The van der Waals surface area contributed by atoms with E-state index in [1.807, 2.05) is 13.8 Å². The van der Waals surface area contributed by atoms with Crippen LogP contribution in [0.15, 0.2) is 4.60 Å². The van der Waals surface area contributed by atoms with Gasteiger partial charge < -0.3 is 4.98 Å². The first-order chi connectivity index (χ1) is 5.20. The van der Waals surface area contributed by atoms with E-state index < -0.39 is 0 Å². The molecule has 0 aromatic carbocycles. The molecule has 11 heavy (non-hydrogen) atoms. The third-order valence-corrected chi connectivity index (χ3v) is 2.62. The molecule has 0 aliphatic carbocycles. The van der Waals surface area contributed by atoms with Crippen molar-refractivity contribution < 1.29 is 4.79 Å². The van der Waals surface area contributed by atoms with Gasteiger partial charge in [-0.05, 0) is 40.4 Å². The zero-order valence-corrected chi connectivity index (χ0v) is 8.16. The molecule has 1 aromatic rings. The average Bonchev–Trinajstić information content (AvgIpc) is 2.28. The van der Waals surface area contributed by atoms with E-state index in [4.69, 9.17) is 0 Å². The first-order valence-electron chi connectivity index (χ1n) is 3.52. The molecule has 0 amide bonds. The van der Waals surface area contributed by atoms with Crippen molar-refractivity contribution in [2.24, 2.45) is 0 Å². The number of hydrogen-bond donors (Lipinski definition) is 1. The molecule has 0 saturated heterocycles. The first-order valence-corrected chi connectivity index (χ1v) is 4.32. The Morgan fingerprint density at radius 2 is 2.27 bits per heavy atom. The lowest BCUT2D eigenvalue weighted by atomic mass is 10.1. The molecule has 0 aliphatic heterocycles. The van der Waals surface area contributed by atoms with Crippen LogP contribution in [0.2, 0.25) is 0 Å². The van der Waals surface area contributed by atoms with Gasteiger partial charge in [0.15, 0.2) is 6.29 Å². The van der Waals surface area contributed by atoms with Crippen molar-refractivity contribution in [1.29, 1.82) is 0 Å². The lowest BCUT2D eigenvalue weighted by Crippen LogP contribution is -1.87. The molecule has 0 bridgehead atoms. The number of hydrogen-bond acceptors (Lipinski definition) is 1. The van der Waals surface area contributed by atoms with Crippen molar-refractivity contribution in [3.05, 3.63) is 21.4 Å². The van der Waals surface area contributed by atoms with Gasteiger partial charge in [0, 0.05) is 0 Å². The van der Waals surface area contributed by atoms with Gasteiger partial charge >= 0.3 is 0 Å². The van der Waals surface area contributed by atoms with Crippen LogP contribution in [0.25, 0.3) is 0 Å². The van der Waals surface area contributed by atoms with Gasteiger partial charge in [-0.15, -0.1) is 0 Å². The number of aromatic nitrogens is 1. The fourth-order valence-corrected chi connectivity index (χ4v) is 1.63. The van der Waals surface area contributed by atoms with Crippen LogP contribution in [0.3, 0.4) is 0 Å². The van der Waals surface area contributed by atoms with E-state index in [9.17, 15) is 4.79 Å². The second-order valence-electron chi connectivity index (χ2n) is 2.43. The Morgan fingerprint density at radius 1 is 1.64 bits per heavy atom. The summed E-state index contributed by atoms with van der Waals surface area (Å²) in [6, 6.07) is 0. The summed E-state index contributed by atoms with van der Waals surface area (Å²) in [7, 11) is 0. The van der Waals surface area contributed by atoms with Crippen molar-refractivity contribution in [2.45, 2.75) is 20.3 Å². The van der Waals surface area contributed by atoms with Gasteiger partial charge in [0.25, 0.3) is 0 Å². The summed E-state index contributed by atoms with van der Waals surface area (Å²) in [5.74, 6) is 0. The second-order valence-corrected chi connectivity index (χ2v) is 3.22. The van der Waals surface area contributed by atoms with E-state index in [2.05, 4.69) is 20.9 Å². The molecule has 0 aliphatic rings. The highest BCUT2D eigenvalue weighted by Gasteiger charge is 2.08. The van der Waals surface area contributed by atoms with Gasteiger partial charge in [-0.3, -0.25) is 4.79 Å². The summed E-state index contributed by atoms with van der Waals surface area (Å²) in [6.07, 6.45) is 1.75. The molecule has 0 atom stereocenters. The maximum atomic E-state index is 10.5. The number of carbonyl (C=O) groups is 1. The van der Waals surface area contributed by atoms with Gasteiger partial charge in [0.2, 0.25) is 0 Å². The van der Waals surface area contributed by atoms with E-state index in [1.54, 1.807) is 0 Å². The Bertz CT molecular complexity index is 278. The van der Waals surface area contributed by atoms with E-state index >= 15 is 0 Å². The van der Waals surface area contributed by atoms with Crippen LogP contribution in [-0.2, 0) is 6.42 Å². The molecule has 1 N–H and O–H groups in total. The van der Waals surface area contributed by atoms with Gasteiger partial charge in [-0.1, -0.05) is 6.92 Å². The van der Waals surface area contributed by atoms with Gasteiger partial charge in [-0.2, -0.15) is 0 Å². The summed E-state index contributed by atoms with van der Waals surface area (Å²) in [6.45, 7) is 4.03. The minimum absolute atomic E-state index is 0.692. The van der Waals surface area contributed by atoms with Crippen LogP contribution in [0.5, 0.6) is 0 Å². The minimum atomic E-state index is 0.692. The van der Waals surface area contributed by atoms with Crippen molar-refractivity contribution in [3.63, 3.8) is 0 Å². The predicted octanol–water partition coefficient (Wildman–Crippen LogP) is 2.46. The van der Waals surface area contributed by atoms with E-state index in [-0.39, 0.29) is 0 Å². The smallest absolute Gasteiger partial charge is 0.166 e. The van der Waals surface area contributed by atoms with E-state index in [1.165, 1.54) is 0 Å². The minimum Gasteiger partial charge on any atom is -0.347 e. The zero-order chi connectivity index (χ0) is 8.43. The van der Waals surface area contributed by atoms with Crippen LogP contribution >= 0.6 is 15.9 Å². The number of nitrogens with one attached hydrogen (secondary N) is 1. The van der Waals surface area contributed by atoms with Gasteiger partial charge in [-0.25, -0.2) is 0 Å². The fourth-order valence-electron chi connectivity index (χ4n) is 1.18. The van der Waals surface area contributed by atoms with Crippen LogP contribution in [0.4, 0.5) is 0 Å². The molecule has 0 fully saturated rings. The Morgan fingerprint density at radius 3 is 2.64 bits per heavy atom. The summed E-state index contributed by atoms with van der Waals surface area (Å²) in [4.78, 5) is 13.5. The molecule has 0 saturated carbocycles. The Balaban J connectivity index is 3.26. The first kappa shape index (κ1) is 8.53. The third kappa shape index (κ3) is 1.38. The van der Waals surface area contributed by atoms with Gasteiger partial charge in [0.1, 0.15) is 0 Å². The van der Waals surface area contributed by atoms with Crippen molar-refractivity contribution in [3.8, 4) is 0 Å². The number of rotatable bonds is 2. The lowest BCUT2D eigenvalue weighted by Gasteiger charge is -1.93. The maximum Gasteiger partial charge on any atom is 0.166 e. The number of H-pyrrole nitrogens is 1. The second kappa shape index (κ2) is 3.22. The molecule has 1 aromatic heterocycles. The van der Waals surface area contributed by atoms with Crippen molar-refractivity contribution in [2.75, 3.05) is 0 Å². The van der Waals surface area contributed by atoms with Crippen LogP contribution < -0.4 is 0 Å². The van der Waals surface area contributed by atoms with E-state index in [0.717, 1.165) is 28.4 Å². The molecule has 0 spiro atoms. The maximum absolute atomic E-state index is 10.5. The van der Waals surface area contributed by atoms with Crippen molar-refractivity contribution >= 4 is 22.2 Å². The molecular weight excluding hydrogens is 206 g/mol. The molecule has 2 nitrogen and oxygen atoms in total. The lowest BCUT2D eigenvalue weighted by molar-refractivity contribution is 0.111. The quantitative estimate of drug-likeness (QED) is 0.756. The summed E-state index contributed by atoms with van der Waals surface area (Å²) >= 11 is 3.33. The molecule has 1 heterocycles. The third-order valence-electron chi connectivity index (χ3n) is 1.82. The average molecular weight is 216 g/mol. The van der Waals surface area contributed by atoms with Gasteiger partial charge in [0.05, 0.1) is 10.3 Å². The Hall–Kier alpha value is -0.570. The zero-order valence-electron chi connectivity index (χ0n) is 6.57. The molecule has 3 heteroatoms. The highest BCUT2D eigenvalue weighted by atomic mass is 79.9. The molecular formula is C8H10BrNO. The summed E-state index contributed by atoms with van der Waals surface area (Å²) in [5, 5.41) is 0. The summed E-state index contributed by atoms with van der Waals surface area (Å²) < 4.78 is 0.913. The van der Waals surface area contributed by atoms with Crippen LogP contribution in [0.1, 0.15) is 28.5 Å². The van der Waals surface area contributed by atoms with Crippen LogP contribution in [0, 0.1) is 6.92 Å². The number of aromatic amines is 1. The topological polar surface area (TPSA) is 32.9 Å². The SMILES string of the molecule is CCc1c(C=O)[nH]c(Br)c1C. The molecule has 0 unspecified atom stereocenters. The van der Waals surface area contributed by atoms with Crippen LogP contribution in [-0.4, -0.2) is 11.3 Å². The number of halogens is 1. The summed E-state index contributed by atoms with van der Waals surface area (Å²) in [5.41, 5.74) is 2.93. The highest BCUT2D eigenvalue weighted by molar-refractivity contribution is 9.10. The largest absolute Gasteiger partial charge is 0.347 e. The molecule has 60 valence electrons. The van der Waals surface area contributed by atoms with E-state index in [0.29, 0.717) is 5.69 Å². The standard InChI is InChI=1S/C8H10BrNO/c1-3-6-5(2)8(9)10-7(6)4-11/h4,10H,3H2,1-2H3. The number of carbonyl (C=O) groups excluding carboxylic acids is 1. The monoisotopic (exact) mass is 215 g/mol. The fraction of sp³-hybridized carbons (Fsp3) is 0.375. The molecule has 1 rings (SSSR count). The van der Waals surface area contributed by atoms with Crippen molar-refractivity contribution in [1.82, 2.24) is 4.98 Å². The molecule has 0 radical (unpaired) electrons. The number of aldehydes is 1. The normalized spacial score (nSPS) is 10.1. The highest BCUT2D eigenvalue weighted by Crippen LogP contribution is 2.21.